The number of nitrogens with one attached hydrogen (secondary N) is 2. The molecule has 0 aliphatic heterocycles. The SMILES string of the molecule is CC(C)(Nc1cc(I)ccn1)c1cc2cc(Cl)ccc2[nH]c1=O. The van der Waals surface area contributed by atoms with Gasteiger partial charge in [0, 0.05) is 31.3 Å². The van der Waals surface area contributed by atoms with Crippen LogP contribution in [-0.4, -0.2) is 9.97 Å². The van der Waals surface area contributed by atoms with Crippen LogP contribution in [0.2, 0.25) is 5.02 Å². The number of pyridine rings is 2. The summed E-state index contributed by atoms with van der Waals surface area (Å²) >= 11 is 8.28. The molecule has 0 amide bonds. The Labute approximate surface area is 152 Å². The van der Waals surface area contributed by atoms with E-state index in [4.69, 9.17) is 11.6 Å². The van der Waals surface area contributed by atoms with E-state index in [1.165, 1.54) is 0 Å². The van der Waals surface area contributed by atoms with Gasteiger partial charge in [0.25, 0.3) is 5.56 Å². The van der Waals surface area contributed by atoms with E-state index in [1.54, 1.807) is 12.3 Å². The van der Waals surface area contributed by atoms with Gasteiger partial charge in [-0.25, -0.2) is 4.98 Å². The van der Waals surface area contributed by atoms with Gasteiger partial charge in [0.05, 0.1) is 5.54 Å². The summed E-state index contributed by atoms with van der Waals surface area (Å²) in [6, 6.07) is 11.2. The van der Waals surface area contributed by atoms with Crippen molar-refractivity contribution in [3.05, 3.63) is 67.1 Å². The molecule has 0 aliphatic carbocycles. The Morgan fingerprint density at radius 1 is 1.22 bits per heavy atom. The van der Waals surface area contributed by atoms with Crippen molar-refractivity contribution in [1.29, 1.82) is 0 Å². The molecule has 0 saturated carbocycles. The molecular formula is C17H15ClIN3O. The van der Waals surface area contributed by atoms with Crippen LogP contribution in [0.3, 0.4) is 0 Å². The van der Waals surface area contributed by atoms with Crippen molar-refractivity contribution < 1.29 is 0 Å². The summed E-state index contributed by atoms with van der Waals surface area (Å²) in [4.78, 5) is 19.7. The lowest BCUT2D eigenvalue weighted by atomic mass is 9.94. The Morgan fingerprint density at radius 3 is 2.74 bits per heavy atom. The zero-order valence-corrected chi connectivity index (χ0v) is 15.6. The number of halogens is 2. The molecular weight excluding hydrogens is 425 g/mol. The van der Waals surface area contributed by atoms with E-state index in [-0.39, 0.29) is 5.56 Å². The van der Waals surface area contributed by atoms with Gasteiger partial charge in [0.1, 0.15) is 5.82 Å². The second-order valence-corrected chi connectivity index (χ2v) is 7.54. The van der Waals surface area contributed by atoms with E-state index >= 15 is 0 Å². The van der Waals surface area contributed by atoms with Crippen LogP contribution >= 0.6 is 34.2 Å². The predicted molar refractivity (Wildman–Crippen MR) is 103 cm³/mol. The number of anilines is 1. The van der Waals surface area contributed by atoms with E-state index in [0.29, 0.717) is 10.6 Å². The maximum Gasteiger partial charge on any atom is 0.253 e. The summed E-state index contributed by atoms with van der Waals surface area (Å²) in [6.07, 6.45) is 1.74. The number of H-pyrrole nitrogens is 1. The Hall–Kier alpha value is -1.60. The normalized spacial score (nSPS) is 11.7. The molecule has 2 N–H and O–H groups in total. The maximum absolute atomic E-state index is 12.5. The van der Waals surface area contributed by atoms with Gasteiger partial charge < -0.3 is 10.3 Å². The molecule has 0 radical (unpaired) electrons. The van der Waals surface area contributed by atoms with Crippen molar-refractivity contribution in [2.45, 2.75) is 19.4 Å². The lowest BCUT2D eigenvalue weighted by Gasteiger charge is -2.27. The van der Waals surface area contributed by atoms with Crippen LogP contribution in [-0.2, 0) is 5.54 Å². The van der Waals surface area contributed by atoms with Crippen molar-refractivity contribution in [2.75, 3.05) is 5.32 Å². The maximum atomic E-state index is 12.5. The first-order chi connectivity index (χ1) is 10.8. The third-order valence-electron chi connectivity index (χ3n) is 3.64. The average Bonchev–Trinajstić information content (AvgIpc) is 2.46. The van der Waals surface area contributed by atoms with Gasteiger partial charge in [-0.3, -0.25) is 4.79 Å². The van der Waals surface area contributed by atoms with Crippen molar-refractivity contribution in [2.24, 2.45) is 0 Å². The van der Waals surface area contributed by atoms with Gasteiger partial charge >= 0.3 is 0 Å². The number of nitrogens with zero attached hydrogens (tertiary/aromatic N) is 1. The summed E-state index contributed by atoms with van der Waals surface area (Å²) in [5.41, 5.74) is 0.698. The van der Waals surface area contributed by atoms with Crippen molar-refractivity contribution in [3.63, 3.8) is 0 Å². The van der Waals surface area contributed by atoms with E-state index in [1.807, 2.05) is 44.2 Å². The Bertz CT molecular complexity index is 937. The van der Waals surface area contributed by atoms with Crippen LogP contribution in [0.4, 0.5) is 5.82 Å². The second kappa shape index (κ2) is 6.13. The van der Waals surface area contributed by atoms with E-state index in [2.05, 4.69) is 37.9 Å². The minimum Gasteiger partial charge on any atom is -0.361 e. The van der Waals surface area contributed by atoms with Crippen LogP contribution in [0.15, 0.2) is 47.4 Å². The molecule has 0 aliphatic rings. The van der Waals surface area contributed by atoms with Crippen LogP contribution in [0.25, 0.3) is 10.9 Å². The molecule has 0 bridgehead atoms. The zero-order chi connectivity index (χ0) is 16.6. The monoisotopic (exact) mass is 439 g/mol. The van der Waals surface area contributed by atoms with Crippen LogP contribution in [0.5, 0.6) is 0 Å². The fraction of sp³-hybridized carbons (Fsp3) is 0.176. The highest BCUT2D eigenvalue weighted by Gasteiger charge is 2.24. The third kappa shape index (κ3) is 3.50. The molecule has 3 aromatic rings. The van der Waals surface area contributed by atoms with Crippen molar-refractivity contribution in [3.8, 4) is 0 Å². The smallest absolute Gasteiger partial charge is 0.253 e. The number of hydrogen-bond acceptors (Lipinski definition) is 3. The van der Waals surface area contributed by atoms with Crippen molar-refractivity contribution >= 4 is 50.9 Å². The number of rotatable bonds is 3. The molecule has 0 saturated heterocycles. The fourth-order valence-electron chi connectivity index (χ4n) is 2.50. The van der Waals surface area contributed by atoms with Gasteiger partial charge in [0.2, 0.25) is 0 Å². The molecule has 0 atom stereocenters. The van der Waals surface area contributed by atoms with Crippen molar-refractivity contribution in [1.82, 2.24) is 9.97 Å². The molecule has 2 aromatic heterocycles. The molecule has 1 aromatic carbocycles. The van der Waals surface area contributed by atoms with Gasteiger partial charge in [-0.05, 0) is 72.8 Å². The van der Waals surface area contributed by atoms with Gasteiger partial charge in [-0.15, -0.1) is 0 Å². The Balaban J connectivity index is 2.06. The molecule has 0 fully saturated rings. The molecule has 2 heterocycles. The molecule has 118 valence electrons. The topological polar surface area (TPSA) is 57.8 Å². The Kier molecular flexibility index (Phi) is 4.33. The quantitative estimate of drug-likeness (QED) is 0.590. The minimum absolute atomic E-state index is 0.122. The molecule has 4 nitrogen and oxygen atoms in total. The predicted octanol–water partition coefficient (Wildman–Crippen LogP) is 4.53. The summed E-state index contributed by atoms with van der Waals surface area (Å²) in [6.45, 7) is 3.91. The van der Waals surface area contributed by atoms with Gasteiger partial charge in [-0.2, -0.15) is 0 Å². The molecule has 23 heavy (non-hydrogen) atoms. The number of aromatic nitrogens is 2. The number of benzene rings is 1. The molecule has 0 unspecified atom stereocenters. The lowest BCUT2D eigenvalue weighted by molar-refractivity contribution is 0.598. The number of aromatic amines is 1. The first kappa shape index (κ1) is 16.3. The fourth-order valence-corrected chi connectivity index (χ4v) is 3.14. The zero-order valence-electron chi connectivity index (χ0n) is 12.7. The summed E-state index contributed by atoms with van der Waals surface area (Å²) in [7, 11) is 0. The first-order valence-corrected chi connectivity index (χ1v) is 8.54. The standard InChI is InChI=1S/C17H15ClIN3O/c1-17(2,22-15-9-12(19)5-6-20-15)13-8-10-7-11(18)3-4-14(10)21-16(13)23/h3-9H,1-2H3,(H,20,22)(H,21,23). The summed E-state index contributed by atoms with van der Waals surface area (Å²) in [5, 5.41) is 4.87. The van der Waals surface area contributed by atoms with E-state index in [9.17, 15) is 4.79 Å². The minimum atomic E-state index is -0.582. The highest BCUT2D eigenvalue weighted by atomic mass is 127. The van der Waals surface area contributed by atoms with Crippen LogP contribution < -0.4 is 10.9 Å². The third-order valence-corrected chi connectivity index (χ3v) is 4.55. The van der Waals surface area contributed by atoms with E-state index < -0.39 is 5.54 Å². The van der Waals surface area contributed by atoms with Gasteiger partial charge in [-0.1, -0.05) is 11.6 Å². The van der Waals surface area contributed by atoms with Gasteiger partial charge in [0.15, 0.2) is 0 Å². The first-order valence-electron chi connectivity index (χ1n) is 7.08. The number of fused-ring (bicyclic) bond motifs is 1. The lowest BCUT2D eigenvalue weighted by Crippen LogP contribution is -2.34. The Morgan fingerprint density at radius 2 is 2.00 bits per heavy atom. The summed E-state index contributed by atoms with van der Waals surface area (Å²) < 4.78 is 1.08. The second-order valence-electron chi connectivity index (χ2n) is 5.85. The average molecular weight is 440 g/mol. The van der Waals surface area contributed by atoms with Crippen LogP contribution in [0.1, 0.15) is 19.4 Å². The highest BCUT2D eigenvalue weighted by molar-refractivity contribution is 14.1. The highest BCUT2D eigenvalue weighted by Crippen LogP contribution is 2.26. The van der Waals surface area contributed by atoms with E-state index in [0.717, 1.165) is 20.3 Å². The largest absolute Gasteiger partial charge is 0.361 e. The summed E-state index contributed by atoms with van der Waals surface area (Å²) in [5.74, 6) is 0.729. The molecule has 0 spiro atoms. The number of hydrogen-bond donors (Lipinski definition) is 2. The molecule has 6 heteroatoms. The molecule has 3 rings (SSSR count). The van der Waals surface area contributed by atoms with Crippen LogP contribution in [0, 0.1) is 3.57 Å².